The Labute approximate surface area is 156 Å². The molecule has 0 saturated heterocycles. The molecule has 1 aliphatic heterocycles. The maximum absolute atomic E-state index is 13.4. The number of guanidine groups is 1. The van der Waals surface area contributed by atoms with Crippen molar-refractivity contribution in [1.82, 2.24) is 15.6 Å². The SMILES string of the molecule is Fc1cccc(Oc2ncccc2CNC2=NCC(c3ccccc3)N2)c1. The molecule has 1 aliphatic rings. The molecule has 5 nitrogen and oxygen atoms in total. The molecule has 0 fully saturated rings. The largest absolute Gasteiger partial charge is 0.439 e. The first-order valence-electron chi connectivity index (χ1n) is 8.75. The third-order valence-corrected chi connectivity index (χ3v) is 4.25. The van der Waals surface area contributed by atoms with E-state index in [4.69, 9.17) is 4.74 Å². The predicted molar refractivity (Wildman–Crippen MR) is 102 cm³/mol. The molecule has 0 radical (unpaired) electrons. The lowest BCUT2D eigenvalue weighted by Gasteiger charge is -2.14. The van der Waals surface area contributed by atoms with Gasteiger partial charge < -0.3 is 15.4 Å². The molecule has 2 N–H and O–H groups in total. The molecule has 6 heteroatoms. The van der Waals surface area contributed by atoms with Crippen LogP contribution in [0.25, 0.3) is 0 Å². The van der Waals surface area contributed by atoms with Crippen molar-refractivity contribution in [3.8, 4) is 11.6 Å². The second-order valence-corrected chi connectivity index (χ2v) is 6.18. The maximum atomic E-state index is 13.4. The second-order valence-electron chi connectivity index (χ2n) is 6.18. The third-order valence-electron chi connectivity index (χ3n) is 4.25. The van der Waals surface area contributed by atoms with Crippen LogP contribution in [0.5, 0.6) is 11.6 Å². The number of pyridine rings is 1. The van der Waals surface area contributed by atoms with Gasteiger partial charge >= 0.3 is 0 Å². The Bertz CT molecular complexity index is 946. The summed E-state index contributed by atoms with van der Waals surface area (Å²) in [6, 6.07) is 20.2. The van der Waals surface area contributed by atoms with E-state index in [0.29, 0.717) is 24.7 Å². The fourth-order valence-electron chi connectivity index (χ4n) is 2.89. The number of hydrogen-bond acceptors (Lipinski definition) is 5. The normalized spacial score (nSPS) is 15.7. The molecule has 27 heavy (non-hydrogen) atoms. The average molecular weight is 362 g/mol. The Morgan fingerprint density at radius 3 is 2.81 bits per heavy atom. The summed E-state index contributed by atoms with van der Waals surface area (Å²) in [4.78, 5) is 8.78. The summed E-state index contributed by atoms with van der Waals surface area (Å²) >= 11 is 0. The van der Waals surface area contributed by atoms with Crippen LogP contribution in [0.15, 0.2) is 77.9 Å². The van der Waals surface area contributed by atoms with E-state index in [1.54, 1.807) is 18.3 Å². The number of ether oxygens (including phenoxy) is 1. The summed E-state index contributed by atoms with van der Waals surface area (Å²) in [6.45, 7) is 1.18. The zero-order chi connectivity index (χ0) is 18.5. The van der Waals surface area contributed by atoms with Crippen LogP contribution in [-0.2, 0) is 6.54 Å². The molecule has 3 aromatic rings. The standard InChI is InChI=1S/C21H19FN4O/c22-17-9-4-10-18(12-17)27-20-16(8-5-11-23-20)13-24-21-25-14-19(26-21)15-6-2-1-3-7-15/h1-12,19H,13-14H2,(H2,24,25,26). The minimum Gasteiger partial charge on any atom is -0.439 e. The van der Waals surface area contributed by atoms with Gasteiger partial charge in [-0.3, -0.25) is 4.99 Å². The van der Waals surface area contributed by atoms with Crippen LogP contribution >= 0.6 is 0 Å². The number of aliphatic imine (C=N–C) groups is 1. The van der Waals surface area contributed by atoms with E-state index in [-0.39, 0.29) is 11.9 Å². The van der Waals surface area contributed by atoms with Crippen LogP contribution in [0.2, 0.25) is 0 Å². The van der Waals surface area contributed by atoms with E-state index in [2.05, 4.69) is 32.7 Å². The van der Waals surface area contributed by atoms with Crippen molar-refractivity contribution in [2.75, 3.05) is 6.54 Å². The number of nitrogens with one attached hydrogen (secondary N) is 2. The van der Waals surface area contributed by atoms with Crippen LogP contribution in [0, 0.1) is 5.82 Å². The van der Waals surface area contributed by atoms with Crippen molar-refractivity contribution in [2.24, 2.45) is 4.99 Å². The van der Waals surface area contributed by atoms with Crippen LogP contribution < -0.4 is 15.4 Å². The van der Waals surface area contributed by atoms with E-state index in [1.807, 2.05) is 30.3 Å². The first-order chi connectivity index (χ1) is 13.3. The van der Waals surface area contributed by atoms with Crippen molar-refractivity contribution in [2.45, 2.75) is 12.6 Å². The summed E-state index contributed by atoms with van der Waals surface area (Å²) in [5.41, 5.74) is 2.06. The van der Waals surface area contributed by atoms with Gasteiger partial charge in [0.15, 0.2) is 5.96 Å². The van der Waals surface area contributed by atoms with Crippen molar-refractivity contribution in [3.05, 3.63) is 89.9 Å². The maximum Gasteiger partial charge on any atom is 0.224 e. The Morgan fingerprint density at radius 1 is 1.07 bits per heavy atom. The van der Waals surface area contributed by atoms with Crippen LogP contribution in [-0.4, -0.2) is 17.5 Å². The minimum atomic E-state index is -0.348. The molecule has 1 unspecified atom stereocenters. The van der Waals surface area contributed by atoms with Gasteiger partial charge in [0.1, 0.15) is 11.6 Å². The molecule has 2 heterocycles. The molecular weight excluding hydrogens is 343 g/mol. The number of nitrogens with zero attached hydrogens (tertiary/aromatic N) is 2. The number of aromatic nitrogens is 1. The van der Waals surface area contributed by atoms with Crippen molar-refractivity contribution in [3.63, 3.8) is 0 Å². The summed E-state index contributed by atoms with van der Waals surface area (Å²) in [6.07, 6.45) is 1.65. The van der Waals surface area contributed by atoms with Gasteiger partial charge in [0.25, 0.3) is 0 Å². The highest BCUT2D eigenvalue weighted by Gasteiger charge is 2.19. The summed E-state index contributed by atoms with van der Waals surface area (Å²) in [5.74, 6) is 1.24. The quantitative estimate of drug-likeness (QED) is 0.725. The van der Waals surface area contributed by atoms with E-state index in [1.165, 1.54) is 17.7 Å². The third kappa shape index (κ3) is 4.23. The molecule has 0 saturated carbocycles. The molecule has 0 aliphatic carbocycles. The predicted octanol–water partition coefficient (Wildman–Crippen LogP) is 3.80. The first kappa shape index (κ1) is 17.0. The number of benzene rings is 2. The molecule has 136 valence electrons. The number of halogens is 1. The topological polar surface area (TPSA) is 58.5 Å². The Balaban J connectivity index is 1.39. The van der Waals surface area contributed by atoms with Gasteiger partial charge in [0, 0.05) is 24.4 Å². The fraction of sp³-hybridized carbons (Fsp3) is 0.143. The van der Waals surface area contributed by atoms with Gasteiger partial charge in [-0.1, -0.05) is 42.5 Å². The average Bonchev–Trinajstić information content (AvgIpc) is 3.17. The van der Waals surface area contributed by atoms with E-state index in [0.717, 1.165) is 11.5 Å². The minimum absolute atomic E-state index is 0.172. The Hall–Kier alpha value is -3.41. The fourth-order valence-corrected chi connectivity index (χ4v) is 2.89. The van der Waals surface area contributed by atoms with Gasteiger partial charge in [0.2, 0.25) is 5.88 Å². The second kappa shape index (κ2) is 7.86. The molecule has 0 spiro atoms. The van der Waals surface area contributed by atoms with Crippen molar-refractivity contribution in [1.29, 1.82) is 0 Å². The highest BCUT2D eigenvalue weighted by Crippen LogP contribution is 2.23. The number of rotatable bonds is 5. The van der Waals surface area contributed by atoms with Crippen LogP contribution in [0.3, 0.4) is 0 Å². The Morgan fingerprint density at radius 2 is 1.96 bits per heavy atom. The molecule has 1 aromatic heterocycles. The molecule has 4 rings (SSSR count). The highest BCUT2D eigenvalue weighted by atomic mass is 19.1. The van der Waals surface area contributed by atoms with Crippen LogP contribution in [0.4, 0.5) is 4.39 Å². The van der Waals surface area contributed by atoms with Gasteiger partial charge in [-0.2, -0.15) is 0 Å². The van der Waals surface area contributed by atoms with Gasteiger partial charge in [0.05, 0.1) is 12.6 Å². The molecule has 1 atom stereocenters. The van der Waals surface area contributed by atoms with Crippen LogP contribution in [0.1, 0.15) is 17.2 Å². The zero-order valence-corrected chi connectivity index (χ0v) is 14.6. The van der Waals surface area contributed by atoms with Gasteiger partial charge in [-0.15, -0.1) is 0 Å². The molecule has 2 aromatic carbocycles. The van der Waals surface area contributed by atoms with Gasteiger partial charge in [-0.25, -0.2) is 9.37 Å². The lowest BCUT2D eigenvalue weighted by molar-refractivity contribution is 0.451. The lowest BCUT2D eigenvalue weighted by Crippen LogP contribution is -2.35. The highest BCUT2D eigenvalue weighted by molar-refractivity contribution is 5.82. The summed E-state index contributed by atoms with van der Waals surface area (Å²) in [7, 11) is 0. The summed E-state index contributed by atoms with van der Waals surface area (Å²) < 4.78 is 19.1. The smallest absolute Gasteiger partial charge is 0.224 e. The monoisotopic (exact) mass is 362 g/mol. The number of hydrogen-bond donors (Lipinski definition) is 2. The molecule has 0 bridgehead atoms. The van der Waals surface area contributed by atoms with Crippen molar-refractivity contribution < 1.29 is 9.13 Å². The first-order valence-corrected chi connectivity index (χ1v) is 8.75. The molecule has 0 amide bonds. The molecular formula is C21H19FN4O. The lowest BCUT2D eigenvalue weighted by atomic mass is 10.1. The van der Waals surface area contributed by atoms with Gasteiger partial charge in [-0.05, 0) is 23.8 Å². The van der Waals surface area contributed by atoms with E-state index < -0.39 is 0 Å². The van der Waals surface area contributed by atoms with Crippen molar-refractivity contribution >= 4 is 5.96 Å². The van der Waals surface area contributed by atoms with E-state index >= 15 is 0 Å². The zero-order valence-electron chi connectivity index (χ0n) is 14.6. The van der Waals surface area contributed by atoms with E-state index in [9.17, 15) is 4.39 Å². The summed E-state index contributed by atoms with van der Waals surface area (Å²) in [5, 5.41) is 6.66. The Kier molecular flexibility index (Phi) is 4.96.